The summed E-state index contributed by atoms with van der Waals surface area (Å²) in [6, 6.07) is 32.8. The molecule has 0 aliphatic carbocycles. The molecule has 0 spiro atoms. The van der Waals surface area contributed by atoms with Gasteiger partial charge in [-0.3, -0.25) is 0 Å². The van der Waals surface area contributed by atoms with Crippen LogP contribution in [0.5, 0.6) is 17.2 Å². The number of rotatable bonds is 17. The van der Waals surface area contributed by atoms with Crippen LogP contribution in [0.25, 0.3) is 0 Å². The number of aryl methyl sites for hydroxylation is 4. The monoisotopic (exact) mass is 710 g/mol. The molecule has 3 unspecified atom stereocenters. The minimum absolute atomic E-state index is 0.166. The van der Waals surface area contributed by atoms with Gasteiger partial charge < -0.3 is 28.4 Å². The van der Waals surface area contributed by atoms with E-state index in [0.717, 1.165) is 73.9 Å². The van der Waals surface area contributed by atoms with Gasteiger partial charge in [-0.05, 0) is 113 Å². The molecular weight excluding hydrogens is 661 g/mol. The van der Waals surface area contributed by atoms with Crippen molar-refractivity contribution >= 4 is 0 Å². The Morgan fingerprint density at radius 3 is 1.19 bits per heavy atom. The number of benzene rings is 5. The Hall–Kier alpha value is -4.62. The Kier molecular flexibility index (Phi) is 10.5. The van der Waals surface area contributed by atoms with Crippen LogP contribution in [0, 0.1) is 27.7 Å². The van der Waals surface area contributed by atoms with E-state index in [9.17, 15) is 0 Å². The standard InChI is InChI=1S/C47H50O6/c1-30-16-32(3)40(21-38(30)19-35-11-6-8-15-46(35)52-28-43-25-49-43)23-41-22-39(31(2)17-33(41)4)20-37-13-9-12-36(47(37)53-29-44-26-50-44)18-34-10-5-7-14-45(34)51-27-42-24-48-42/h5-17,21-22,42-44H,18-20,23-29H2,1-4H3. The van der Waals surface area contributed by atoms with E-state index in [0.29, 0.717) is 19.8 Å². The molecule has 3 atom stereocenters. The Balaban J connectivity index is 1.05. The van der Waals surface area contributed by atoms with Crippen LogP contribution in [0.4, 0.5) is 0 Å². The lowest BCUT2D eigenvalue weighted by Gasteiger charge is -2.19. The number of para-hydroxylation sites is 3. The van der Waals surface area contributed by atoms with Crippen LogP contribution in [0.15, 0.2) is 91.0 Å². The minimum Gasteiger partial charge on any atom is -0.490 e. The van der Waals surface area contributed by atoms with Crippen LogP contribution in [-0.4, -0.2) is 58.0 Å². The van der Waals surface area contributed by atoms with Crippen LogP contribution in [0.2, 0.25) is 0 Å². The number of hydrogen-bond acceptors (Lipinski definition) is 6. The van der Waals surface area contributed by atoms with Crippen molar-refractivity contribution in [2.24, 2.45) is 0 Å². The van der Waals surface area contributed by atoms with Gasteiger partial charge in [0.05, 0.1) is 19.8 Å². The Morgan fingerprint density at radius 2 is 0.755 bits per heavy atom. The molecule has 0 amide bonds. The normalized spacial score (nSPS) is 18.5. The largest absolute Gasteiger partial charge is 0.490 e. The highest BCUT2D eigenvalue weighted by Crippen LogP contribution is 2.34. The van der Waals surface area contributed by atoms with Crippen LogP contribution < -0.4 is 14.2 Å². The second-order valence-corrected chi connectivity index (χ2v) is 15.0. The van der Waals surface area contributed by atoms with E-state index < -0.39 is 0 Å². The lowest BCUT2D eigenvalue weighted by molar-refractivity contribution is 0.258. The summed E-state index contributed by atoms with van der Waals surface area (Å²) in [5, 5.41) is 0. The zero-order valence-electron chi connectivity index (χ0n) is 31.4. The second kappa shape index (κ2) is 15.8. The first-order valence-corrected chi connectivity index (χ1v) is 19.0. The molecule has 0 aromatic heterocycles. The highest BCUT2D eigenvalue weighted by molar-refractivity contribution is 5.51. The molecule has 3 aliphatic rings. The topological polar surface area (TPSA) is 65.3 Å². The SMILES string of the molecule is Cc1cc(C)c(Cc2ccccc2OCC2CO2)cc1Cc1cc(Cc2cccc(Cc3ccccc3OCC3CO3)c2OCC2CO2)c(C)cc1C. The van der Waals surface area contributed by atoms with Gasteiger partial charge in [-0.15, -0.1) is 0 Å². The summed E-state index contributed by atoms with van der Waals surface area (Å²) >= 11 is 0. The Labute approximate surface area is 314 Å². The maximum atomic E-state index is 6.60. The van der Waals surface area contributed by atoms with Crippen molar-refractivity contribution < 1.29 is 28.4 Å². The fraction of sp³-hybridized carbons (Fsp3) is 0.362. The molecule has 0 radical (unpaired) electrons. The van der Waals surface area contributed by atoms with Crippen LogP contribution in [0.1, 0.15) is 66.8 Å². The predicted molar refractivity (Wildman–Crippen MR) is 208 cm³/mol. The van der Waals surface area contributed by atoms with Crippen molar-refractivity contribution in [3.05, 3.63) is 158 Å². The van der Waals surface area contributed by atoms with E-state index in [-0.39, 0.29) is 18.3 Å². The lowest BCUT2D eigenvalue weighted by Crippen LogP contribution is -2.10. The smallest absolute Gasteiger partial charge is 0.126 e. The quantitative estimate of drug-likeness (QED) is 0.0901. The van der Waals surface area contributed by atoms with Crippen LogP contribution in [-0.2, 0) is 39.9 Å². The van der Waals surface area contributed by atoms with E-state index in [1.165, 1.54) is 55.6 Å². The molecule has 3 fully saturated rings. The van der Waals surface area contributed by atoms with Gasteiger partial charge in [0.2, 0.25) is 0 Å². The van der Waals surface area contributed by atoms with Gasteiger partial charge in [0.25, 0.3) is 0 Å². The Bertz CT molecular complexity index is 2070. The molecule has 274 valence electrons. The summed E-state index contributed by atoms with van der Waals surface area (Å²) in [5.41, 5.74) is 15.3. The van der Waals surface area contributed by atoms with Crippen molar-refractivity contribution in [1.29, 1.82) is 0 Å². The molecule has 3 aliphatic heterocycles. The van der Waals surface area contributed by atoms with E-state index in [1.54, 1.807) is 0 Å². The zero-order chi connectivity index (χ0) is 36.3. The second-order valence-electron chi connectivity index (χ2n) is 15.0. The van der Waals surface area contributed by atoms with Gasteiger partial charge in [0.15, 0.2) is 0 Å². The fourth-order valence-corrected chi connectivity index (χ4v) is 7.20. The van der Waals surface area contributed by atoms with Crippen molar-refractivity contribution in [2.45, 2.75) is 71.7 Å². The van der Waals surface area contributed by atoms with Crippen molar-refractivity contribution in [3.8, 4) is 17.2 Å². The van der Waals surface area contributed by atoms with Gasteiger partial charge in [0, 0.05) is 19.3 Å². The van der Waals surface area contributed by atoms with E-state index in [4.69, 9.17) is 28.4 Å². The number of ether oxygens (including phenoxy) is 6. The molecule has 6 heteroatoms. The van der Waals surface area contributed by atoms with E-state index in [1.807, 2.05) is 12.1 Å². The van der Waals surface area contributed by atoms with Gasteiger partial charge in [0.1, 0.15) is 55.4 Å². The first-order valence-electron chi connectivity index (χ1n) is 19.0. The molecule has 6 nitrogen and oxygen atoms in total. The molecule has 53 heavy (non-hydrogen) atoms. The molecule has 5 aromatic carbocycles. The van der Waals surface area contributed by atoms with Crippen LogP contribution >= 0.6 is 0 Å². The number of hydrogen-bond donors (Lipinski definition) is 0. The highest BCUT2D eigenvalue weighted by Gasteiger charge is 2.26. The molecule has 0 saturated carbocycles. The maximum absolute atomic E-state index is 6.60. The summed E-state index contributed by atoms with van der Waals surface area (Å²) in [4.78, 5) is 0. The first kappa shape index (κ1) is 35.4. The third-order valence-electron chi connectivity index (χ3n) is 10.7. The van der Waals surface area contributed by atoms with Crippen LogP contribution in [0.3, 0.4) is 0 Å². The zero-order valence-corrected chi connectivity index (χ0v) is 31.4. The summed E-state index contributed by atoms with van der Waals surface area (Å²) in [7, 11) is 0. The van der Waals surface area contributed by atoms with Crippen molar-refractivity contribution in [2.75, 3.05) is 39.6 Å². The molecule has 3 heterocycles. The molecule has 3 saturated heterocycles. The van der Waals surface area contributed by atoms with E-state index >= 15 is 0 Å². The average Bonchev–Trinajstić information content (AvgIpc) is 3.98. The fourth-order valence-electron chi connectivity index (χ4n) is 7.20. The molecule has 8 rings (SSSR count). The van der Waals surface area contributed by atoms with Crippen molar-refractivity contribution in [1.82, 2.24) is 0 Å². The molecule has 5 aromatic rings. The summed E-state index contributed by atoms with van der Waals surface area (Å²) in [5.74, 6) is 2.80. The molecule has 0 bridgehead atoms. The summed E-state index contributed by atoms with van der Waals surface area (Å²) in [6.07, 6.45) is 3.81. The van der Waals surface area contributed by atoms with Crippen molar-refractivity contribution in [3.63, 3.8) is 0 Å². The minimum atomic E-state index is 0.166. The average molecular weight is 711 g/mol. The maximum Gasteiger partial charge on any atom is 0.126 e. The highest BCUT2D eigenvalue weighted by atomic mass is 16.6. The number of epoxide rings is 3. The Morgan fingerprint density at radius 1 is 0.415 bits per heavy atom. The molecule has 0 N–H and O–H groups in total. The lowest BCUT2D eigenvalue weighted by atomic mass is 9.88. The molecular formula is C47H50O6. The van der Waals surface area contributed by atoms with E-state index in [2.05, 4.69) is 107 Å². The third-order valence-corrected chi connectivity index (χ3v) is 10.7. The van der Waals surface area contributed by atoms with Gasteiger partial charge in [-0.2, -0.15) is 0 Å². The first-order chi connectivity index (χ1) is 25.9. The summed E-state index contributed by atoms with van der Waals surface area (Å²) < 4.78 is 35.3. The van der Waals surface area contributed by atoms with Gasteiger partial charge >= 0.3 is 0 Å². The third kappa shape index (κ3) is 9.13. The van der Waals surface area contributed by atoms with Gasteiger partial charge in [-0.25, -0.2) is 0 Å². The summed E-state index contributed by atoms with van der Waals surface area (Å²) in [6.45, 7) is 13.0. The predicted octanol–water partition coefficient (Wildman–Crippen LogP) is 8.62. The van der Waals surface area contributed by atoms with Gasteiger partial charge in [-0.1, -0.05) is 78.9 Å².